The highest BCUT2D eigenvalue weighted by Gasteiger charge is 2.40. The van der Waals surface area contributed by atoms with Crippen LogP contribution in [-0.4, -0.2) is 18.2 Å². The summed E-state index contributed by atoms with van der Waals surface area (Å²) in [7, 11) is 0. The summed E-state index contributed by atoms with van der Waals surface area (Å²) in [6.45, 7) is 1.78. The number of benzene rings is 1. The second-order valence-electron chi connectivity index (χ2n) is 6.46. The molecule has 1 N–H and O–H groups in total. The Hall–Kier alpha value is -1.37. The summed E-state index contributed by atoms with van der Waals surface area (Å²) in [6.07, 6.45) is 9.40. The van der Waals surface area contributed by atoms with Gasteiger partial charge in [0.05, 0.1) is 23.3 Å². The molecule has 21 heavy (non-hydrogen) atoms. The van der Waals surface area contributed by atoms with E-state index >= 15 is 0 Å². The van der Waals surface area contributed by atoms with Crippen LogP contribution in [0, 0.1) is 11.3 Å². The van der Waals surface area contributed by atoms with Gasteiger partial charge < -0.3 is 10.1 Å². The van der Waals surface area contributed by atoms with E-state index in [1.165, 1.54) is 50.5 Å². The molecule has 0 bridgehead atoms. The Balaban J connectivity index is 1.42. The number of nitrogens with one attached hydrogen (secondary N) is 1. The highest BCUT2D eigenvalue weighted by Crippen LogP contribution is 2.41. The first kappa shape index (κ1) is 14.6. The van der Waals surface area contributed by atoms with Crippen molar-refractivity contribution in [3.8, 4) is 6.07 Å². The first-order valence-corrected chi connectivity index (χ1v) is 8.17. The van der Waals surface area contributed by atoms with Crippen molar-refractivity contribution in [2.45, 2.75) is 63.2 Å². The van der Waals surface area contributed by atoms with E-state index in [0.29, 0.717) is 6.10 Å². The zero-order valence-corrected chi connectivity index (χ0v) is 12.6. The Kier molecular flexibility index (Phi) is 4.57. The Morgan fingerprint density at radius 2 is 1.90 bits per heavy atom. The van der Waals surface area contributed by atoms with Crippen LogP contribution in [0.2, 0.25) is 0 Å². The molecule has 112 valence electrons. The molecule has 1 unspecified atom stereocenters. The number of ether oxygens (including phenoxy) is 1. The normalized spacial score (nSPS) is 24.0. The molecule has 1 heterocycles. The third kappa shape index (κ3) is 3.64. The molecule has 3 rings (SSSR count). The second kappa shape index (κ2) is 6.60. The largest absolute Gasteiger partial charge is 0.370 e. The maximum absolute atomic E-state index is 8.79. The second-order valence-corrected chi connectivity index (χ2v) is 6.46. The summed E-state index contributed by atoms with van der Waals surface area (Å²) >= 11 is 0. The molecule has 2 aliphatic rings. The molecule has 0 radical (unpaired) electrons. The van der Waals surface area contributed by atoms with Crippen LogP contribution < -0.4 is 5.32 Å². The minimum Gasteiger partial charge on any atom is -0.370 e. The lowest BCUT2D eigenvalue weighted by atomic mass is 9.83. The molecular formula is C18H24N2O. The fourth-order valence-corrected chi connectivity index (χ4v) is 3.68. The van der Waals surface area contributed by atoms with Gasteiger partial charge in [-0.1, -0.05) is 31.4 Å². The van der Waals surface area contributed by atoms with Gasteiger partial charge in [-0.05, 0) is 43.4 Å². The molecule has 3 heteroatoms. The van der Waals surface area contributed by atoms with Crippen LogP contribution in [0.5, 0.6) is 0 Å². The number of nitriles is 1. The van der Waals surface area contributed by atoms with E-state index in [1.54, 1.807) is 0 Å². The highest BCUT2D eigenvalue weighted by atomic mass is 16.5. The van der Waals surface area contributed by atoms with E-state index in [1.807, 2.05) is 24.3 Å². The van der Waals surface area contributed by atoms with Crippen molar-refractivity contribution in [2.24, 2.45) is 0 Å². The lowest BCUT2D eigenvalue weighted by Gasteiger charge is -2.33. The Labute approximate surface area is 127 Å². The van der Waals surface area contributed by atoms with Crippen LogP contribution in [0.15, 0.2) is 24.3 Å². The Morgan fingerprint density at radius 1 is 1.14 bits per heavy atom. The average Bonchev–Trinajstić information content (AvgIpc) is 2.91. The van der Waals surface area contributed by atoms with Crippen molar-refractivity contribution in [1.82, 2.24) is 5.32 Å². The average molecular weight is 284 g/mol. The van der Waals surface area contributed by atoms with Gasteiger partial charge in [0.1, 0.15) is 0 Å². The fraction of sp³-hybridized carbons (Fsp3) is 0.611. The molecule has 1 saturated carbocycles. The van der Waals surface area contributed by atoms with E-state index in [2.05, 4.69) is 11.4 Å². The Morgan fingerprint density at radius 3 is 2.62 bits per heavy atom. The Bertz CT molecular complexity index is 497. The third-order valence-electron chi connectivity index (χ3n) is 4.89. The third-order valence-corrected chi connectivity index (χ3v) is 4.89. The topological polar surface area (TPSA) is 45.0 Å². The van der Waals surface area contributed by atoms with Gasteiger partial charge in [0.2, 0.25) is 0 Å². The lowest BCUT2D eigenvalue weighted by molar-refractivity contribution is -0.0624. The lowest BCUT2D eigenvalue weighted by Crippen LogP contribution is -2.34. The molecule has 0 amide bonds. The van der Waals surface area contributed by atoms with Crippen molar-refractivity contribution < 1.29 is 4.74 Å². The van der Waals surface area contributed by atoms with Gasteiger partial charge in [0.25, 0.3) is 0 Å². The van der Waals surface area contributed by atoms with Crippen molar-refractivity contribution in [3.63, 3.8) is 0 Å². The van der Waals surface area contributed by atoms with Gasteiger partial charge in [-0.2, -0.15) is 5.26 Å². The standard InChI is InChI=1S/C18H24N2O/c19-12-15-4-6-16(7-5-15)13-20-14-17-8-11-18(21-17)9-2-1-3-10-18/h4-7,17,20H,1-3,8-11,13-14H2. The van der Waals surface area contributed by atoms with E-state index in [9.17, 15) is 0 Å². The zero-order valence-electron chi connectivity index (χ0n) is 12.6. The van der Waals surface area contributed by atoms with E-state index in [4.69, 9.17) is 10.00 Å². The molecule has 1 aliphatic carbocycles. The highest BCUT2D eigenvalue weighted by molar-refractivity contribution is 5.31. The van der Waals surface area contributed by atoms with Gasteiger partial charge in [0, 0.05) is 13.1 Å². The number of hydrogen-bond donors (Lipinski definition) is 1. The van der Waals surface area contributed by atoms with Crippen LogP contribution in [0.1, 0.15) is 56.1 Å². The first-order chi connectivity index (χ1) is 10.3. The number of rotatable bonds is 4. The predicted molar refractivity (Wildman–Crippen MR) is 82.8 cm³/mol. The summed E-state index contributed by atoms with van der Waals surface area (Å²) in [5.74, 6) is 0. The molecule has 1 aromatic carbocycles. The molecule has 2 fully saturated rings. The SMILES string of the molecule is N#Cc1ccc(CNCC2CCC3(CCCCC3)O2)cc1. The van der Waals surface area contributed by atoms with E-state index in [0.717, 1.165) is 18.7 Å². The van der Waals surface area contributed by atoms with Crippen molar-refractivity contribution in [3.05, 3.63) is 35.4 Å². The zero-order chi connectivity index (χ0) is 14.5. The van der Waals surface area contributed by atoms with Gasteiger partial charge in [-0.3, -0.25) is 0 Å². The minimum absolute atomic E-state index is 0.221. The molecule has 0 aromatic heterocycles. The number of hydrogen-bond acceptors (Lipinski definition) is 3. The van der Waals surface area contributed by atoms with Crippen LogP contribution in [0.3, 0.4) is 0 Å². The van der Waals surface area contributed by atoms with Crippen LogP contribution in [-0.2, 0) is 11.3 Å². The molecular weight excluding hydrogens is 260 g/mol. The van der Waals surface area contributed by atoms with E-state index < -0.39 is 0 Å². The summed E-state index contributed by atoms with van der Waals surface area (Å²) in [4.78, 5) is 0. The first-order valence-electron chi connectivity index (χ1n) is 8.17. The smallest absolute Gasteiger partial charge is 0.0991 e. The van der Waals surface area contributed by atoms with Gasteiger partial charge in [0.15, 0.2) is 0 Å². The molecule has 1 aliphatic heterocycles. The maximum atomic E-state index is 8.79. The minimum atomic E-state index is 0.221. The summed E-state index contributed by atoms with van der Waals surface area (Å²) in [6, 6.07) is 9.93. The van der Waals surface area contributed by atoms with Crippen molar-refractivity contribution in [1.29, 1.82) is 5.26 Å². The van der Waals surface area contributed by atoms with Crippen LogP contribution in [0.25, 0.3) is 0 Å². The summed E-state index contributed by atoms with van der Waals surface area (Å²) in [5.41, 5.74) is 2.16. The van der Waals surface area contributed by atoms with Gasteiger partial charge >= 0.3 is 0 Å². The molecule has 1 atom stereocenters. The molecule has 3 nitrogen and oxygen atoms in total. The summed E-state index contributed by atoms with van der Waals surface area (Å²) < 4.78 is 6.36. The fourth-order valence-electron chi connectivity index (χ4n) is 3.68. The molecule has 1 spiro atoms. The summed E-state index contributed by atoms with van der Waals surface area (Å²) in [5, 5.41) is 12.3. The maximum Gasteiger partial charge on any atom is 0.0991 e. The van der Waals surface area contributed by atoms with Gasteiger partial charge in [-0.15, -0.1) is 0 Å². The van der Waals surface area contributed by atoms with Crippen LogP contribution >= 0.6 is 0 Å². The van der Waals surface area contributed by atoms with Crippen molar-refractivity contribution >= 4 is 0 Å². The van der Waals surface area contributed by atoms with E-state index in [-0.39, 0.29) is 5.60 Å². The van der Waals surface area contributed by atoms with Gasteiger partial charge in [-0.25, -0.2) is 0 Å². The molecule has 1 aromatic rings. The van der Waals surface area contributed by atoms with Crippen LogP contribution in [0.4, 0.5) is 0 Å². The quantitative estimate of drug-likeness (QED) is 0.920. The predicted octanol–water partition coefficient (Wildman–Crippen LogP) is 3.53. The number of nitrogens with zero attached hydrogens (tertiary/aromatic N) is 1. The molecule has 1 saturated heterocycles. The van der Waals surface area contributed by atoms with Crippen molar-refractivity contribution in [2.75, 3.05) is 6.54 Å². The monoisotopic (exact) mass is 284 g/mol.